The van der Waals surface area contributed by atoms with Crippen LogP contribution in [0.15, 0.2) is 18.2 Å². The van der Waals surface area contributed by atoms with E-state index in [9.17, 15) is 9.59 Å². The Labute approximate surface area is 125 Å². The molecule has 0 heterocycles. The zero-order valence-electron chi connectivity index (χ0n) is 10.3. The Morgan fingerprint density at radius 3 is 2.60 bits per heavy atom. The van der Waals surface area contributed by atoms with Crippen molar-refractivity contribution < 1.29 is 9.59 Å². The van der Waals surface area contributed by atoms with Gasteiger partial charge in [0.25, 0.3) is 0 Å². The summed E-state index contributed by atoms with van der Waals surface area (Å²) in [7, 11) is 0. The second-order valence-corrected chi connectivity index (χ2v) is 4.66. The summed E-state index contributed by atoms with van der Waals surface area (Å²) in [5, 5.41) is 14.5. The average Bonchev–Trinajstić information content (AvgIpc) is 2.39. The first-order valence-corrected chi connectivity index (χ1v) is 6.37. The third-order valence-corrected chi connectivity index (χ3v) is 3.10. The molecule has 4 N–H and O–H groups in total. The number of primary amides is 1. The van der Waals surface area contributed by atoms with E-state index < -0.39 is 18.0 Å². The molecule has 1 atom stereocenters. The molecular weight excluding hydrogens is 303 g/mol. The van der Waals surface area contributed by atoms with E-state index in [4.69, 9.17) is 34.2 Å². The van der Waals surface area contributed by atoms with Gasteiger partial charge in [-0.3, -0.25) is 4.79 Å². The van der Waals surface area contributed by atoms with Crippen LogP contribution in [0.5, 0.6) is 0 Å². The number of hydrogen-bond donors (Lipinski definition) is 3. The molecule has 0 fully saturated rings. The summed E-state index contributed by atoms with van der Waals surface area (Å²) >= 11 is 11.6. The number of nitrogens with one attached hydrogen (secondary N) is 2. The fourth-order valence-corrected chi connectivity index (χ4v) is 1.72. The summed E-state index contributed by atoms with van der Waals surface area (Å²) in [6.07, 6.45) is 0.0163. The van der Waals surface area contributed by atoms with Gasteiger partial charge < -0.3 is 16.4 Å². The van der Waals surface area contributed by atoms with Crippen molar-refractivity contribution in [3.05, 3.63) is 33.8 Å². The number of nitriles is 1. The van der Waals surface area contributed by atoms with Crippen molar-refractivity contribution >= 4 is 35.1 Å². The largest absolute Gasteiger partial charge is 0.352 e. The number of benzene rings is 1. The van der Waals surface area contributed by atoms with Crippen molar-refractivity contribution in [1.29, 1.82) is 5.26 Å². The molecular formula is C12H12Cl2N4O2. The molecule has 6 nitrogen and oxygen atoms in total. The molecule has 106 valence electrons. The smallest absolute Gasteiger partial charge is 0.312 e. The second kappa shape index (κ2) is 7.58. The van der Waals surface area contributed by atoms with Crippen LogP contribution in [0.1, 0.15) is 18.0 Å². The zero-order valence-corrected chi connectivity index (χ0v) is 11.8. The summed E-state index contributed by atoms with van der Waals surface area (Å²) < 4.78 is 0. The van der Waals surface area contributed by atoms with Crippen LogP contribution in [0.3, 0.4) is 0 Å². The minimum absolute atomic E-state index is 0.0163. The molecule has 0 aromatic heterocycles. The summed E-state index contributed by atoms with van der Waals surface area (Å²) in [6.45, 7) is 0.0979. The molecule has 1 rings (SSSR count). The van der Waals surface area contributed by atoms with Gasteiger partial charge in [-0.15, -0.1) is 0 Å². The predicted octanol–water partition coefficient (Wildman–Crippen LogP) is 1.73. The maximum absolute atomic E-state index is 11.6. The van der Waals surface area contributed by atoms with E-state index in [1.165, 1.54) is 6.07 Å². The number of halogens is 2. The molecule has 3 amide bonds. The van der Waals surface area contributed by atoms with Crippen LogP contribution in [0, 0.1) is 11.3 Å². The monoisotopic (exact) mass is 314 g/mol. The number of hydrogen-bond acceptors (Lipinski definition) is 3. The van der Waals surface area contributed by atoms with Crippen LogP contribution in [0.25, 0.3) is 0 Å². The van der Waals surface area contributed by atoms with Gasteiger partial charge in [0.15, 0.2) is 0 Å². The van der Waals surface area contributed by atoms with Crippen molar-refractivity contribution in [3.8, 4) is 6.07 Å². The van der Waals surface area contributed by atoms with Gasteiger partial charge in [-0.25, -0.2) is 4.79 Å². The van der Waals surface area contributed by atoms with Gasteiger partial charge in [0.05, 0.1) is 16.1 Å². The highest BCUT2D eigenvalue weighted by atomic mass is 35.5. The van der Waals surface area contributed by atoms with E-state index in [-0.39, 0.29) is 13.0 Å². The quantitative estimate of drug-likeness (QED) is 0.770. The van der Waals surface area contributed by atoms with Crippen LogP contribution < -0.4 is 16.4 Å². The number of urea groups is 1. The molecule has 0 radical (unpaired) electrons. The van der Waals surface area contributed by atoms with E-state index in [1.54, 1.807) is 12.1 Å². The van der Waals surface area contributed by atoms with Crippen molar-refractivity contribution in [1.82, 2.24) is 10.6 Å². The molecule has 1 aromatic carbocycles. The molecule has 0 saturated heterocycles. The van der Waals surface area contributed by atoms with Gasteiger partial charge in [0.2, 0.25) is 5.91 Å². The molecule has 0 unspecified atom stereocenters. The lowest BCUT2D eigenvalue weighted by Crippen LogP contribution is -2.34. The Morgan fingerprint density at radius 1 is 1.35 bits per heavy atom. The maximum Gasteiger partial charge on any atom is 0.312 e. The predicted molar refractivity (Wildman–Crippen MR) is 75.2 cm³/mol. The molecule has 1 aromatic rings. The number of carbonyl (C=O) groups excluding carboxylic acids is 2. The number of nitrogens with zero attached hydrogens (tertiary/aromatic N) is 1. The molecule has 0 aliphatic rings. The third-order valence-electron chi connectivity index (χ3n) is 2.36. The molecule has 0 saturated carbocycles. The first kappa shape index (κ1) is 16.1. The molecule has 0 bridgehead atoms. The highest BCUT2D eigenvalue weighted by Crippen LogP contribution is 2.25. The number of rotatable bonds is 5. The van der Waals surface area contributed by atoms with Gasteiger partial charge in [0, 0.05) is 13.0 Å². The van der Waals surface area contributed by atoms with Gasteiger partial charge >= 0.3 is 6.03 Å². The van der Waals surface area contributed by atoms with Crippen LogP contribution in [0.2, 0.25) is 10.0 Å². The minimum Gasteiger partial charge on any atom is -0.352 e. The van der Waals surface area contributed by atoms with Gasteiger partial charge in [-0.1, -0.05) is 29.3 Å². The lowest BCUT2D eigenvalue weighted by molar-refractivity contribution is -0.121. The average molecular weight is 315 g/mol. The van der Waals surface area contributed by atoms with Crippen molar-refractivity contribution in [3.63, 3.8) is 0 Å². The Bertz CT molecular complexity index is 557. The first-order valence-electron chi connectivity index (χ1n) is 5.61. The minimum atomic E-state index is -0.842. The van der Waals surface area contributed by atoms with Crippen molar-refractivity contribution in [2.75, 3.05) is 6.54 Å². The lowest BCUT2D eigenvalue weighted by Gasteiger charge is -2.12. The van der Waals surface area contributed by atoms with E-state index in [2.05, 4.69) is 10.6 Å². The molecule has 0 aliphatic carbocycles. The number of amides is 3. The van der Waals surface area contributed by atoms with E-state index in [0.29, 0.717) is 15.6 Å². The van der Waals surface area contributed by atoms with Crippen LogP contribution in [-0.2, 0) is 4.79 Å². The van der Waals surface area contributed by atoms with Gasteiger partial charge in [-0.05, 0) is 17.7 Å². The van der Waals surface area contributed by atoms with Gasteiger partial charge in [0.1, 0.15) is 6.04 Å². The van der Waals surface area contributed by atoms with E-state index in [0.717, 1.165) is 0 Å². The summed E-state index contributed by atoms with van der Waals surface area (Å²) in [4.78, 5) is 22.1. The Kier molecular flexibility index (Phi) is 6.10. The SMILES string of the molecule is N#C[C@@H](NC(=O)CCNC(N)=O)c1ccc(Cl)c(Cl)c1. The van der Waals surface area contributed by atoms with Crippen molar-refractivity contribution in [2.45, 2.75) is 12.5 Å². The fourth-order valence-electron chi connectivity index (χ4n) is 1.41. The van der Waals surface area contributed by atoms with Crippen LogP contribution in [-0.4, -0.2) is 18.5 Å². The highest BCUT2D eigenvalue weighted by molar-refractivity contribution is 6.42. The molecule has 0 aliphatic heterocycles. The first-order chi connectivity index (χ1) is 9.43. The summed E-state index contributed by atoms with van der Waals surface area (Å²) in [5.41, 5.74) is 5.39. The van der Waals surface area contributed by atoms with Crippen LogP contribution >= 0.6 is 23.2 Å². The van der Waals surface area contributed by atoms with Crippen molar-refractivity contribution in [2.24, 2.45) is 5.73 Å². The molecule has 0 spiro atoms. The van der Waals surface area contributed by atoms with E-state index >= 15 is 0 Å². The molecule has 8 heteroatoms. The Morgan fingerprint density at radius 2 is 2.05 bits per heavy atom. The fraction of sp³-hybridized carbons (Fsp3) is 0.250. The zero-order chi connectivity index (χ0) is 15.1. The second-order valence-electron chi connectivity index (χ2n) is 3.84. The summed E-state index contributed by atoms with van der Waals surface area (Å²) in [6, 6.07) is 5.06. The summed E-state index contributed by atoms with van der Waals surface area (Å²) in [5.74, 6) is -0.392. The standard InChI is InChI=1S/C12H12Cl2N4O2/c13-8-2-1-7(5-9(8)14)10(6-15)18-11(19)3-4-17-12(16)20/h1-2,5,10H,3-4H2,(H,18,19)(H3,16,17,20)/t10-/m1/s1. The lowest BCUT2D eigenvalue weighted by atomic mass is 10.1. The topological polar surface area (TPSA) is 108 Å². The van der Waals surface area contributed by atoms with E-state index in [1.807, 2.05) is 6.07 Å². The number of nitrogens with two attached hydrogens (primary N) is 1. The highest BCUT2D eigenvalue weighted by Gasteiger charge is 2.14. The maximum atomic E-state index is 11.6. The molecule has 20 heavy (non-hydrogen) atoms. The van der Waals surface area contributed by atoms with Crippen LogP contribution in [0.4, 0.5) is 4.79 Å². The normalized spacial score (nSPS) is 11.2. The van der Waals surface area contributed by atoms with Gasteiger partial charge in [-0.2, -0.15) is 5.26 Å². The third kappa shape index (κ3) is 4.96. The Balaban J connectivity index is 2.63. The number of carbonyl (C=O) groups is 2. The Hall–Kier alpha value is -1.97.